The van der Waals surface area contributed by atoms with Gasteiger partial charge in [0.15, 0.2) is 11.6 Å². The average Bonchev–Trinajstić information content (AvgIpc) is 2.63. The van der Waals surface area contributed by atoms with E-state index >= 15 is 0 Å². The monoisotopic (exact) mass is 478 g/mol. The molecule has 3 atom stereocenters. The minimum absolute atomic E-state index is 0.557. The van der Waals surface area contributed by atoms with Crippen LogP contribution in [0.5, 0.6) is 0 Å². The van der Waals surface area contributed by atoms with Crippen LogP contribution < -0.4 is 16.4 Å². The SMILES string of the molecule is CC[C@H](N=C1NC(c2cccc(C(F)(F)F)n2)=NC(N)([C@H](CC)C(F)(F)F)N1)C(F)(F)F. The molecule has 0 aromatic carbocycles. The number of nitrogens with one attached hydrogen (secondary N) is 2. The van der Waals surface area contributed by atoms with E-state index in [0.717, 1.165) is 26.0 Å². The predicted octanol–water partition coefficient (Wildman–Crippen LogP) is 3.94. The first-order chi connectivity index (χ1) is 14.5. The number of nitrogens with zero attached hydrogens (tertiary/aromatic N) is 3. The lowest BCUT2D eigenvalue weighted by atomic mass is 9.96. The van der Waals surface area contributed by atoms with Crippen LogP contribution in [-0.4, -0.2) is 41.0 Å². The summed E-state index contributed by atoms with van der Waals surface area (Å²) in [5.41, 5.74) is 3.83. The van der Waals surface area contributed by atoms with Crippen LogP contribution in [0.2, 0.25) is 0 Å². The maximum Gasteiger partial charge on any atom is 0.433 e. The summed E-state index contributed by atoms with van der Waals surface area (Å²) in [5, 5.41) is 4.21. The van der Waals surface area contributed by atoms with Crippen LogP contribution in [0, 0.1) is 5.92 Å². The zero-order valence-electron chi connectivity index (χ0n) is 16.6. The zero-order chi connectivity index (χ0) is 24.5. The van der Waals surface area contributed by atoms with Gasteiger partial charge in [-0.05, 0) is 25.0 Å². The molecule has 6 nitrogen and oxygen atoms in total. The lowest BCUT2D eigenvalue weighted by molar-refractivity contribution is -0.194. The molecule has 0 fully saturated rings. The Morgan fingerprint density at radius 2 is 1.62 bits per heavy atom. The molecule has 2 heterocycles. The fourth-order valence-electron chi connectivity index (χ4n) is 2.99. The third-order valence-electron chi connectivity index (χ3n) is 4.52. The van der Waals surface area contributed by atoms with E-state index in [4.69, 9.17) is 5.73 Å². The first kappa shape index (κ1) is 25.7. The van der Waals surface area contributed by atoms with Crippen molar-refractivity contribution < 1.29 is 39.5 Å². The van der Waals surface area contributed by atoms with Crippen molar-refractivity contribution in [2.75, 3.05) is 0 Å². The van der Waals surface area contributed by atoms with E-state index in [0.29, 0.717) is 6.07 Å². The van der Waals surface area contributed by atoms with Gasteiger partial charge >= 0.3 is 18.5 Å². The first-order valence-corrected chi connectivity index (χ1v) is 9.21. The van der Waals surface area contributed by atoms with Gasteiger partial charge in [0.1, 0.15) is 23.3 Å². The molecule has 1 aliphatic heterocycles. The Labute approximate surface area is 176 Å². The topological polar surface area (TPSA) is 87.7 Å². The van der Waals surface area contributed by atoms with Gasteiger partial charge in [-0.3, -0.25) is 5.73 Å². The fourth-order valence-corrected chi connectivity index (χ4v) is 2.99. The third-order valence-corrected chi connectivity index (χ3v) is 4.52. The fraction of sp³-hybridized carbons (Fsp3) is 0.588. The second-order valence-corrected chi connectivity index (χ2v) is 6.89. The normalized spacial score (nSPS) is 23.2. The number of amidine groups is 1. The van der Waals surface area contributed by atoms with Crippen molar-refractivity contribution in [3.63, 3.8) is 0 Å². The van der Waals surface area contributed by atoms with Crippen molar-refractivity contribution >= 4 is 11.8 Å². The van der Waals surface area contributed by atoms with Crippen LogP contribution in [-0.2, 0) is 6.18 Å². The number of pyridine rings is 1. The van der Waals surface area contributed by atoms with E-state index in [1.807, 2.05) is 5.32 Å². The predicted molar refractivity (Wildman–Crippen MR) is 96.4 cm³/mol. The third kappa shape index (κ3) is 5.81. The number of guanidine groups is 1. The van der Waals surface area contributed by atoms with Crippen molar-refractivity contribution in [3.8, 4) is 0 Å². The van der Waals surface area contributed by atoms with E-state index in [-0.39, 0.29) is 0 Å². The maximum atomic E-state index is 13.6. The second kappa shape index (κ2) is 8.75. The van der Waals surface area contributed by atoms with Crippen LogP contribution in [0.25, 0.3) is 0 Å². The Hall–Kier alpha value is -2.58. The highest BCUT2D eigenvalue weighted by Gasteiger charge is 2.53. The van der Waals surface area contributed by atoms with Crippen molar-refractivity contribution in [1.82, 2.24) is 15.6 Å². The Morgan fingerprint density at radius 3 is 2.09 bits per heavy atom. The molecule has 0 saturated carbocycles. The Bertz CT molecular complexity index is 874. The molecule has 180 valence electrons. The highest BCUT2D eigenvalue weighted by Crippen LogP contribution is 2.36. The molecule has 0 aliphatic carbocycles. The molecule has 1 aromatic heterocycles. The second-order valence-electron chi connectivity index (χ2n) is 6.89. The molecule has 0 radical (unpaired) electrons. The van der Waals surface area contributed by atoms with Gasteiger partial charge in [0.25, 0.3) is 0 Å². The molecule has 1 aliphatic rings. The average molecular weight is 478 g/mol. The van der Waals surface area contributed by atoms with Crippen molar-refractivity contribution in [3.05, 3.63) is 29.6 Å². The minimum Gasteiger partial charge on any atom is -0.319 e. The minimum atomic E-state index is -4.94. The van der Waals surface area contributed by atoms with E-state index in [1.54, 1.807) is 0 Å². The summed E-state index contributed by atoms with van der Waals surface area (Å²) in [6, 6.07) is 0.191. The molecular weight excluding hydrogens is 459 g/mol. The molecule has 0 bridgehead atoms. The summed E-state index contributed by atoms with van der Waals surface area (Å²) in [7, 11) is 0. The maximum absolute atomic E-state index is 13.6. The van der Waals surface area contributed by atoms with Gasteiger partial charge in [-0.2, -0.15) is 39.5 Å². The number of aliphatic imine (C=N–C) groups is 2. The number of hydrogen-bond donors (Lipinski definition) is 3. The molecule has 1 aromatic rings. The molecule has 2 rings (SSSR count). The van der Waals surface area contributed by atoms with Gasteiger partial charge in [-0.1, -0.05) is 19.9 Å². The van der Waals surface area contributed by atoms with Crippen molar-refractivity contribution in [1.29, 1.82) is 0 Å². The Kier molecular flexibility index (Phi) is 7.02. The summed E-state index contributed by atoms with van der Waals surface area (Å²) in [4.78, 5) is 10.3. The number of aromatic nitrogens is 1. The smallest absolute Gasteiger partial charge is 0.319 e. The number of hydrogen-bond acceptors (Lipinski definition) is 4. The largest absolute Gasteiger partial charge is 0.433 e. The van der Waals surface area contributed by atoms with Crippen LogP contribution >= 0.6 is 0 Å². The summed E-state index contributed by atoms with van der Waals surface area (Å²) < 4.78 is 119. The molecule has 0 spiro atoms. The van der Waals surface area contributed by atoms with Crippen LogP contribution in [0.15, 0.2) is 28.2 Å². The highest BCUT2D eigenvalue weighted by molar-refractivity contribution is 6.09. The number of halogens is 9. The van der Waals surface area contributed by atoms with Crippen LogP contribution in [0.4, 0.5) is 39.5 Å². The molecule has 15 heteroatoms. The number of rotatable bonds is 5. The summed E-state index contributed by atoms with van der Waals surface area (Å²) in [6.45, 7) is 2.27. The molecule has 4 N–H and O–H groups in total. The van der Waals surface area contributed by atoms with Gasteiger partial charge in [0.05, 0.1) is 0 Å². The number of alkyl halides is 9. The van der Waals surface area contributed by atoms with Crippen molar-refractivity contribution in [2.45, 2.75) is 57.0 Å². The van der Waals surface area contributed by atoms with Gasteiger partial charge in [-0.25, -0.2) is 15.0 Å². The standard InChI is InChI=1S/C17H19F9N6/c1-3-9(14(18,19)20)17(27)31-12(8-6-5-7-11(28-8)16(24,25)26)30-13(32-17)29-10(4-2)15(21,22)23/h5-7,9-10H,3-4,27H2,1-2H3,(H2,29,30,31,32)/t9-,10+,17?/m1/s1. The van der Waals surface area contributed by atoms with E-state index in [9.17, 15) is 39.5 Å². The Balaban J connectivity index is 2.65. The quantitative estimate of drug-likeness (QED) is 0.560. The summed E-state index contributed by atoms with van der Waals surface area (Å²) >= 11 is 0. The summed E-state index contributed by atoms with van der Waals surface area (Å²) in [5.74, 6) is -6.69. The van der Waals surface area contributed by atoms with Gasteiger partial charge in [-0.15, -0.1) is 0 Å². The van der Waals surface area contributed by atoms with Crippen molar-refractivity contribution in [2.24, 2.45) is 21.6 Å². The van der Waals surface area contributed by atoms with E-state index in [1.165, 1.54) is 0 Å². The molecule has 0 amide bonds. The molecule has 1 unspecified atom stereocenters. The summed E-state index contributed by atoms with van der Waals surface area (Å²) in [6.07, 6.45) is -15.9. The zero-order valence-corrected chi connectivity index (χ0v) is 16.6. The highest BCUT2D eigenvalue weighted by atomic mass is 19.4. The van der Waals surface area contributed by atoms with Gasteiger partial charge in [0.2, 0.25) is 5.96 Å². The lowest BCUT2D eigenvalue weighted by Gasteiger charge is -2.40. The Morgan fingerprint density at radius 1 is 1.00 bits per heavy atom. The first-order valence-electron chi connectivity index (χ1n) is 9.21. The lowest BCUT2D eigenvalue weighted by Crippen LogP contribution is -2.69. The molecular formula is C17H19F9N6. The van der Waals surface area contributed by atoms with E-state index in [2.05, 4.69) is 20.3 Å². The van der Waals surface area contributed by atoms with E-state index < -0.39 is 72.3 Å². The molecule has 32 heavy (non-hydrogen) atoms. The van der Waals surface area contributed by atoms with Gasteiger partial charge < -0.3 is 10.6 Å². The van der Waals surface area contributed by atoms with Crippen LogP contribution in [0.1, 0.15) is 38.1 Å². The number of nitrogens with two attached hydrogens (primary N) is 1. The van der Waals surface area contributed by atoms with Gasteiger partial charge in [0, 0.05) is 0 Å². The molecule has 0 saturated heterocycles. The van der Waals surface area contributed by atoms with Crippen LogP contribution in [0.3, 0.4) is 0 Å².